The van der Waals surface area contributed by atoms with Gasteiger partial charge in [-0.25, -0.2) is 0 Å². The van der Waals surface area contributed by atoms with Gasteiger partial charge in [-0.2, -0.15) is 4.99 Å². The Balaban J connectivity index is 1.59. The highest BCUT2D eigenvalue weighted by atomic mass is 32.2. The molecule has 2 aliphatic rings. The zero-order chi connectivity index (χ0) is 18.1. The van der Waals surface area contributed by atoms with Crippen LogP contribution in [-0.2, 0) is 0 Å². The van der Waals surface area contributed by atoms with E-state index in [9.17, 15) is 4.79 Å². The number of furan rings is 1. The molecular formula is C21H26N2O2S. The number of fused-ring (bicyclic) bond motifs is 1. The van der Waals surface area contributed by atoms with E-state index in [1.54, 1.807) is 0 Å². The lowest BCUT2D eigenvalue weighted by molar-refractivity contribution is 0.100. The first-order valence-corrected chi connectivity index (χ1v) is 10.5. The predicted molar refractivity (Wildman–Crippen MR) is 108 cm³/mol. The van der Waals surface area contributed by atoms with Crippen LogP contribution in [0.25, 0.3) is 11.0 Å². The van der Waals surface area contributed by atoms with Crippen LogP contribution in [-0.4, -0.2) is 33.8 Å². The number of amidine groups is 1. The van der Waals surface area contributed by atoms with Crippen molar-refractivity contribution in [1.29, 1.82) is 0 Å². The van der Waals surface area contributed by atoms with Crippen LogP contribution in [0.2, 0.25) is 0 Å². The minimum absolute atomic E-state index is 0.148. The molecule has 1 saturated carbocycles. The van der Waals surface area contributed by atoms with E-state index in [4.69, 9.17) is 4.42 Å². The van der Waals surface area contributed by atoms with Crippen LogP contribution in [0.15, 0.2) is 33.7 Å². The van der Waals surface area contributed by atoms with E-state index in [0.717, 1.165) is 47.8 Å². The lowest BCUT2D eigenvalue weighted by atomic mass is 10.1. The van der Waals surface area contributed by atoms with Gasteiger partial charge in [0, 0.05) is 28.8 Å². The molecule has 2 aromatic rings. The van der Waals surface area contributed by atoms with Crippen molar-refractivity contribution in [1.82, 2.24) is 4.90 Å². The van der Waals surface area contributed by atoms with Crippen molar-refractivity contribution in [3.63, 3.8) is 0 Å². The number of rotatable bonds is 4. The largest absolute Gasteiger partial charge is 0.461 e. The summed E-state index contributed by atoms with van der Waals surface area (Å²) in [5.74, 6) is 0.709. The molecule has 2 fully saturated rings. The molecule has 1 amide bonds. The first kappa shape index (κ1) is 17.7. The number of unbranched alkanes of at least 4 members (excludes halogenated alkanes) is 1. The molecule has 0 radical (unpaired) electrons. The number of aliphatic imine (C=N–C) groups is 1. The second-order valence-corrected chi connectivity index (χ2v) is 9.01. The maximum absolute atomic E-state index is 12.8. The first-order chi connectivity index (χ1) is 12.6. The number of carbonyl (C=O) groups is 1. The van der Waals surface area contributed by atoms with Crippen molar-refractivity contribution >= 4 is 33.8 Å². The minimum atomic E-state index is -0.148. The van der Waals surface area contributed by atoms with Crippen LogP contribution in [0.1, 0.15) is 61.6 Å². The molecule has 26 heavy (non-hydrogen) atoms. The molecular weight excluding hydrogens is 344 g/mol. The van der Waals surface area contributed by atoms with E-state index in [0.29, 0.717) is 10.3 Å². The van der Waals surface area contributed by atoms with Gasteiger partial charge in [-0.05, 0) is 50.5 Å². The Morgan fingerprint density at radius 3 is 2.88 bits per heavy atom. The van der Waals surface area contributed by atoms with E-state index in [1.165, 1.54) is 25.7 Å². The number of amides is 1. The molecule has 1 aromatic carbocycles. The molecule has 0 bridgehead atoms. The standard InChI is InChI=1S/C21H26N2O2S/c1-3-4-11-23-14-21(9-5-6-10-21)26-20(23)22-19(24)16-7-8-18-17(13-16)12-15(2)25-18/h7-8,12-13H,3-6,9-11,14H2,1-2H3/b22-20-. The fraction of sp³-hybridized carbons (Fsp3) is 0.524. The molecule has 4 nitrogen and oxygen atoms in total. The second kappa shape index (κ2) is 7.10. The van der Waals surface area contributed by atoms with Crippen LogP contribution in [0.4, 0.5) is 0 Å². The number of hydrogen-bond acceptors (Lipinski definition) is 3. The van der Waals surface area contributed by atoms with Gasteiger partial charge in [-0.1, -0.05) is 37.9 Å². The second-order valence-electron chi connectivity index (χ2n) is 7.58. The van der Waals surface area contributed by atoms with Gasteiger partial charge >= 0.3 is 0 Å². The quantitative estimate of drug-likeness (QED) is 0.723. The Labute approximate surface area is 159 Å². The van der Waals surface area contributed by atoms with Crippen LogP contribution in [0.5, 0.6) is 0 Å². The third kappa shape index (κ3) is 3.41. The molecule has 0 N–H and O–H groups in total. The van der Waals surface area contributed by atoms with E-state index < -0.39 is 0 Å². The minimum Gasteiger partial charge on any atom is -0.461 e. The lowest BCUT2D eigenvalue weighted by Gasteiger charge is -2.21. The van der Waals surface area contributed by atoms with E-state index >= 15 is 0 Å². The number of hydrogen-bond donors (Lipinski definition) is 0. The topological polar surface area (TPSA) is 45.8 Å². The van der Waals surface area contributed by atoms with Crippen LogP contribution in [0.3, 0.4) is 0 Å². The Hall–Kier alpha value is -1.75. The van der Waals surface area contributed by atoms with Crippen LogP contribution < -0.4 is 0 Å². The van der Waals surface area contributed by atoms with Crippen molar-refractivity contribution in [2.45, 2.75) is 57.1 Å². The Bertz CT molecular complexity index is 849. The molecule has 5 heteroatoms. The van der Waals surface area contributed by atoms with Crippen molar-refractivity contribution in [3.8, 4) is 0 Å². The molecule has 1 spiro atoms. The van der Waals surface area contributed by atoms with Crippen molar-refractivity contribution in [2.24, 2.45) is 4.99 Å². The van der Waals surface area contributed by atoms with Gasteiger partial charge in [0.15, 0.2) is 5.17 Å². The molecule has 1 saturated heterocycles. The van der Waals surface area contributed by atoms with Gasteiger partial charge in [0.25, 0.3) is 5.91 Å². The highest BCUT2D eigenvalue weighted by Crippen LogP contribution is 2.47. The Kier molecular flexibility index (Phi) is 4.82. The highest BCUT2D eigenvalue weighted by Gasteiger charge is 2.44. The Morgan fingerprint density at radius 1 is 1.31 bits per heavy atom. The highest BCUT2D eigenvalue weighted by molar-refractivity contribution is 8.15. The number of aryl methyl sites for hydroxylation is 1. The molecule has 0 unspecified atom stereocenters. The predicted octanol–water partition coefficient (Wildman–Crippen LogP) is 5.40. The number of benzene rings is 1. The van der Waals surface area contributed by atoms with Crippen LogP contribution >= 0.6 is 11.8 Å². The fourth-order valence-corrected chi connectivity index (χ4v) is 5.58. The molecule has 4 rings (SSSR count). The summed E-state index contributed by atoms with van der Waals surface area (Å²) in [5.41, 5.74) is 1.45. The zero-order valence-electron chi connectivity index (χ0n) is 15.6. The summed E-state index contributed by atoms with van der Waals surface area (Å²) in [5, 5.41) is 1.89. The van der Waals surface area contributed by atoms with Gasteiger partial charge in [0.1, 0.15) is 11.3 Å². The molecule has 138 valence electrons. The van der Waals surface area contributed by atoms with E-state index in [2.05, 4.69) is 16.8 Å². The summed E-state index contributed by atoms with van der Waals surface area (Å²) in [7, 11) is 0. The average Bonchev–Trinajstić information content (AvgIpc) is 3.31. The molecule has 1 aromatic heterocycles. The van der Waals surface area contributed by atoms with Crippen molar-refractivity contribution < 1.29 is 9.21 Å². The maximum Gasteiger partial charge on any atom is 0.279 e. The van der Waals surface area contributed by atoms with Crippen molar-refractivity contribution in [2.75, 3.05) is 13.1 Å². The maximum atomic E-state index is 12.8. The molecule has 0 atom stereocenters. The molecule has 1 aliphatic carbocycles. The monoisotopic (exact) mass is 370 g/mol. The van der Waals surface area contributed by atoms with Crippen LogP contribution in [0, 0.1) is 6.92 Å². The number of nitrogens with zero attached hydrogens (tertiary/aromatic N) is 2. The third-order valence-corrected chi connectivity index (χ3v) is 6.94. The Morgan fingerprint density at radius 2 is 2.12 bits per heavy atom. The normalized spacial score (nSPS) is 20.7. The molecule has 1 aliphatic heterocycles. The number of carbonyl (C=O) groups excluding carboxylic acids is 1. The van der Waals surface area contributed by atoms with Crippen molar-refractivity contribution in [3.05, 3.63) is 35.6 Å². The number of thioether (sulfide) groups is 1. The van der Waals surface area contributed by atoms with E-state index in [1.807, 2.05) is 43.0 Å². The summed E-state index contributed by atoms with van der Waals surface area (Å²) in [6.07, 6.45) is 7.39. The van der Waals surface area contributed by atoms with Gasteiger partial charge in [0.2, 0.25) is 0 Å². The van der Waals surface area contributed by atoms with Gasteiger partial charge in [0.05, 0.1) is 0 Å². The average molecular weight is 371 g/mol. The zero-order valence-corrected chi connectivity index (χ0v) is 16.4. The van der Waals surface area contributed by atoms with Gasteiger partial charge in [-0.3, -0.25) is 4.79 Å². The summed E-state index contributed by atoms with van der Waals surface area (Å²) >= 11 is 1.85. The SMILES string of the molecule is CCCCN1CC2(CCCC2)S/C1=N\C(=O)c1ccc2oc(C)cc2c1. The van der Waals surface area contributed by atoms with Gasteiger partial charge < -0.3 is 9.32 Å². The smallest absolute Gasteiger partial charge is 0.279 e. The summed E-state index contributed by atoms with van der Waals surface area (Å²) in [4.78, 5) is 19.7. The molecule has 2 heterocycles. The summed E-state index contributed by atoms with van der Waals surface area (Å²) < 4.78 is 5.89. The lowest BCUT2D eigenvalue weighted by Crippen LogP contribution is -2.31. The summed E-state index contributed by atoms with van der Waals surface area (Å²) in [6, 6.07) is 7.54. The van der Waals surface area contributed by atoms with E-state index in [-0.39, 0.29) is 5.91 Å². The van der Waals surface area contributed by atoms with Gasteiger partial charge in [-0.15, -0.1) is 0 Å². The third-order valence-electron chi connectivity index (χ3n) is 5.44. The fourth-order valence-electron chi connectivity index (χ4n) is 4.06. The summed E-state index contributed by atoms with van der Waals surface area (Å²) in [6.45, 7) is 6.17. The first-order valence-electron chi connectivity index (χ1n) is 9.66.